The number of esters is 1. The summed E-state index contributed by atoms with van der Waals surface area (Å²) in [6, 6.07) is 9.71. The molecular formula is C19H24N2O5S2. The molecule has 1 fully saturated rings. The number of morpholine rings is 1. The van der Waals surface area contributed by atoms with E-state index in [1.54, 1.807) is 18.3 Å². The van der Waals surface area contributed by atoms with Crippen LogP contribution in [0.3, 0.4) is 0 Å². The van der Waals surface area contributed by atoms with E-state index < -0.39 is 16.0 Å². The van der Waals surface area contributed by atoms with Gasteiger partial charge in [0.15, 0.2) is 0 Å². The van der Waals surface area contributed by atoms with Crippen LogP contribution in [0.15, 0.2) is 46.7 Å². The van der Waals surface area contributed by atoms with Crippen LogP contribution >= 0.6 is 11.3 Å². The fraction of sp³-hybridized carbons (Fsp3) is 0.421. The van der Waals surface area contributed by atoms with Gasteiger partial charge in [-0.15, -0.1) is 11.3 Å². The number of sulfonamides is 1. The van der Waals surface area contributed by atoms with Gasteiger partial charge in [-0.1, -0.05) is 6.07 Å². The summed E-state index contributed by atoms with van der Waals surface area (Å²) in [5.41, 5.74) is 0.325. The average molecular weight is 425 g/mol. The molecule has 9 heteroatoms. The maximum absolute atomic E-state index is 12.7. The van der Waals surface area contributed by atoms with Crippen LogP contribution in [-0.2, 0) is 19.5 Å². The molecule has 0 radical (unpaired) electrons. The molecule has 0 bridgehead atoms. The van der Waals surface area contributed by atoms with Crippen LogP contribution in [0.25, 0.3) is 0 Å². The second-order valence-electron chi connectivity index (χ2n) is 6.28. The lowest BCUT2D eigenvalue weighted by Gasteiger charge is -2.34. The van der Waals surface area contributed by atoms with Gasteiger partial charge in [-0.2, -0.15) is 0 Å². The zero-order chi connectivity index (χ0) is 20.0. The highest BCUT2D eigenvalue weighted by Crippen LogP contribution is 2.26. The van der Waals surface area contributed by atoms with E-state index in [9.17, 15) is 13.2 Å². The predicted molar refractivity (Wildman–Crippen MR) is 107 cm³/mol. The maximum Gasteiger partial charge on any atom is 0.338 e. The molecule has 1 aliphatic rings. The van der Waals surface area contributed by atoms with Gasteiger partial charge in [0.2, 0.25) is 10.0 Å². The Morgan fingerprint density at radius 3 is 2.57 bits per heavy atom. The van der Waals surface area contributed by atoms with Crippen molar-refractivity contribution in [1.82, 2.24) is 9.62 Å². The third-order valence-corrected chi connectivity index (χ3v) is 6.91. The highest BCUT2D eigenvalue weighted by Gasteiger charge is 2.25. The second kappa shape index (κ2) is 9.62. The molecule has 0 aliphatic carbocycles. The van der Waals surface area contributed by atoms with Crippen molar-refractivity contribution in [2.75, 3.05) is 39.5 Å². The lowest BCUT2D eigenvalue weighted by atomic mass is 10.2. The van der Waals surface area contributed by atoms with Crippen molar-refractivity contribution >= 4 is 27.3 Å². The lowest BCUT2D eigenvalue weighted by Crippen LogP contribution is -2.43. The topological polar surface area (TPSA) is 84.9 Å². The number of thiophene rings is 1. The van der Waals surface area contributed by atoms with Crippen LogP contribution in [0, 0.1) is 0 Å². The monoisotopic (exact) mass is 424 g/mol. The van der Waals surface area contributed by atoms with Gasteiger partial charge in [-0.3, -0.25) is 4.90 Å². The summed E-state index contributed by atoms with van der Waals surface area (Å²) in [4.78, 5) is 15.2. The normalized spacial score (nSPS) is 16.6. The van der Waals surface area contributed by atoms with Crippen molar-refractivity contribution in [3.63, 3.8) is 0 Å². The molecule has 152 valence electrons. The van der Waals surface area contributed by atoms with E-state index in [0.717, 1.165) is 18.0 Å². The molecule has 1 N–H and O–H groups in total. The summed E-state index contributed by atoms with van der Waals surface area (Å²) in [7, 11) is -3.70. The van der Waals surface area contributed by atoms with E-state index in [0.29, 0.717) is 18.8 Å². The zero-order valence-corrected chi connectivity index (χ0v) is 17.3. The first kappa shape index (κ1) is 20.9. The van der Waals surface area contributed by atoms with Crippen LogP contribution in [0.1, 0.15) is 28.2 Å². The van der Waals surface area contributed by atoms with Crippen LogP contribution in [-0.4, -0.2) is 58.7 Å². The molecule has 2 aromatic rings. The lowest BCUT2D eigenvalue weighted by molar-refractivity contribution is 0.0179. The van der Waals surface area contributed by atoms with Crippen molar-refractivity contribution < 1.29 is 22.7 Å². The molecule has 0 amide bonds. The number of hydrogen-bond acceptors (Lipinski definition) is 7. The summed E-state index contributed by atoms with van der Waals surface area (Å²) in [5, 5.41) is 1.99. The van der Waals surface area contributed by atoms with Crippen LogP contribution < -0.4 is 4.72 Å². The standard InChI is InChI=1S/C19H24N2O5S2/c1-2-26-19(22)15-5-7-16(8-6-15)28(23,24)20-14-17(18-4-3-13-27-18)21-9-11-25-12-10-21/h3-8,13,17,20H,2,9-12,14H2,1H3. The van der Waals surface area contributed by atoms with E-state index in [1.165, 1.54) is 24.3 Å². The Labute approximate surface area is 169 Å². The highest BCUT2D eigenvalue weighted by molar-refractivity contribution is 7.89. The van der Waals surface area contributed by atoms with E-state index in [4.69, 9.17) is 9.47 Å². The molecule has 28 heavy (non-hydrogen) atoms. The van der Waals surface area contributed by atoms with Crippen LogP contribution in [0.5, 0.6) is 0 Å². The van der Waals surface area contributed by atoms with E-state index in [-0.39, 0.29) is 24.1 Å². The van der Waals surface area contributed by atoms with Gasteiger partial charge >= 0.3 is 5.97 Å². The summed E-state index contributed by atoms with van der Waals surface area (Å²) in [6.45, 7) is 5.07. The predicted octanol–water partition coefficient (Wildman–Crippen LogP) is 2.28. The van der Waals surface area contributed by atoms with E-state index >= 15 is 0 Å². The molecule has 1 unspecified atom stereocenters. The Kier molecular flexibility index (Phi) is 7.19. The van der Waals surface area contributed by atoms with Crippen molar-refractivity contribution in [3.8, 4) is 0 Å². The van der Waals surface area contributed by atoms with Gasteiger partial charge in [0.25, 0.3) is 0 Å². The van der Waals surface area contributed by atoms with Gasteiger partial charge in [0.05, 0.1) is 36.3 Å². The Morgan fingerprint density at radius 2 is 1.96 bits per heavy atom. The summed E-state index contributed by atoms with van der Waals surface area (Å²) < 4.78 is 38.5. The smallest absolute Gasteiger partial charge is 0.338 e. The first-order chi connectivity index (χ1) is 13.5. The van der Waals surface area contributed by atoms with Gasteiger partial charge < -0.3 is 9.47 Å². The Balaban J connectivity index is 1.70. The number of hydrogen-bond donors (Lipinski definition) is 1. The SMILES string of the molecule is CCOC(=O)c1ccc(S(=O)(=O)NCC(c2cccs2)N2CCOCC2)cc1. The number of carbonyl (C=O) groups excluding carboxylic acids is 1. The number of ether oxygens (including phenoxy) is 2. The van der Waals surface area contributed by atoms with Crippen molar-refractivity contribution in [2.45, 2.75) is 17.9 Å². The highest BCUT2D eigenvalue weighted by atomic mass is 32.2. The summed E-state index contributed by atoms with van der Waals surface area (Å²) >= 11 is 1.61. The minimum atomic E-state index is -3.70. The van der Waals surface area contributed by atoms with Gasteiger partial charge in [-0.05, 0) is 42.6 Å². The average Bonchev–Trinajstić information content (AvgIpc) is 3.24. The minimum Gasteiger partial charge on any atom is -0.462 e. The van der Waals surface area contributed by atoms with Gasteiger partial charge in [0, 0.05) is 24.5 Å². The van der Waals surface area contributed by atoms with Crippen LogP contribution in [0.4, 0.5) is 0 Å². The van der Waals surface area contributed by atoms with Crippen molar-refractivity contribution in [1.29, 1.82) is 0 Å². The molecule has 1 atom stereocenters. The number of rotatable bonds is 8. The zero-order valence-electron chi connectivity index (χ0n) is 15.7. The Bertz CT molecular complexity index is 860. The molecule has 7 nitrogen and oxygen atoms in total. The fourth-order valence-corrected chi connectivity index (χ4v) is 4.94. The van der Waals surface area contributed by atoms with Gasteiger partial charge in [-0.25, -0.2) is 17.9 Å². The van der Waals surface area contributed by atoms with Crippen molar-refractivity contribution in [2.24, 2.45) is 0 Å². The third kappa shape index (κ3) is 5.18. The molecule has 3 rings (SSSR count). The quantitative estimate of drug-likeness (QED) is 0.655. The molecule has 0 saturated carbocycles. The van der Waals surface area contributed by atoms with E-state index in [1.807, 2.05) is 17.5 Å². The number of carbonyl (C=O) groups is 1. The second-order valence-corrected chi connectivity index (χ2v) is 9.02. The maximum atomic E-state index is 12.7. The third-order valence-electron chi connectivity index (χ3n) is 4.50. The molecular weight excluding hydrogens is 400 g/mol. The first-order valence-electron chi connectivity index (χ1n) is 9.13. The van der Waals surface area contributed by atoms with Gasteiger partial charge in [0.1, 0.15) is 0 Å². The molecule has 1 aromatic carbocycles. The number of nitrogens with one attached hydrogen (secondary N) is 1. The number of nitrogens with zero attached hydrogens (tertiary/aromatic N) is 1. The van der Waals surface area contributed by atoms with Crippen molar-refractivity contribution in [3.05, 3.63) is 52.2 Å². The Hall–Kier alpha value is -1.78. The molecule has 2 heterocycles. The molecule has 1 saturated heterocycles. The molecule has 1 aromatic heterocycles. The molecule has 1 aliphatic heterocycles. The first-order valence-corrected chi connectivity index (χ1v) is 11.5. The minimum absolute atomic E-state index is 0.0440. The summed E-state index contributed by atoms with van der Waals surface area (Å²) in [6.07, 6.45) is 0. The Morgan fingerprint density at radius 1 is 1.25 bits per heavy atom. The molecule has 0 spiro atoms. The summed E-state index contributed by atoms with van der Waals surface area (Å²) in [5.74, 6) is -0.468. The number of benzene rings is 1. The van der Waals surface area contributed by atoms with Crippen LogP contribution in [0.2, 0.25) is 0 Å². The largest absolute Gasteiger partial charge is 0.462 e. The van der Waals surface area contributed by atoms with E-state index in [2.05, 4.69) is 9.62 Å². The fourth-order valence-electron chi connectivity index (χ4n) is 3.04.